The standard InChI is InChI=1S/C28H23N/c1-20-16-18-23(19-17-20)29-28-25-15-9-8-14-24(25)26(21-10-4-2-5-11-21)27(28)22-12-6-3-7-13-22/h2-19,28-29H,1H3. The summed E-state index contributed by atoms with van der Waals surface area (Å²) in [6.07, 6.45) is 0. The highest BCUT2D eigenvalue weighted by Gasteiger charge is 2.32. The van der Waals surface area contributed by atoms with E-state index in [2.05, 4.69) is 121 Å². The molecule has 0 aliphatic heterocycles. The minimum absolute atomic E-state index is 0.103. The number of nitrogens with one attached hydrogen (secondary N) is 1. The second-order valence-corrected chi connectivity index (χ2v) is 7.55. The minimum atomic E-state index is 0.103. The van der Waals surface area contributed by atoms with Crippen molar-refractivity contribution in [1.82, 2.24) is 0 Å². The maximum absolute atomic E-state index is 3.81. The van der Waals surface area contributed by atoms with Crippen molar-refractivity contribution in [3.63, 3.8) is 0 Å². The zero-order valence-corrected chi connectivity index (χ0v) is 16.5. The van der Waals surface area contributed by atoms with E-state index in [1.807, 2.05) is 0 Å². The average Bonchev–Trinajstić information content (AvgIpc) is 3.11. The van der Waals surface area contributed by atoms with Gasteiger partial charge in [-0.25, -0.2) is 0 Å². The normalized spacial score (nSPS) is 15.3. The van der Waals surface area contributed by atoms with Crippen molar-refractivity contribution in [2.75, 3.05) is 5.32 Å². The maximum atomic E-state index is 3.81. The Hall–Kier alpha value is -3.58. The molecule has 0 spiro atoms. The number of hydrogen-bond donors (Lipinski definition) is 1. The third kappa shape index (κ3) is 3.25. The van der Waals surface area contributed by atoms with Gasteiger partial charge in [0.1, 0.15) is 0 Å². The molecule has 1 N–H and O–H groups in total. The first-order valence-corrected chi connectivity index (χ1v) is 10.1. The smallest absolute Gasteiger partial charge is 0.0785 e. The van der Waals surface area contributed by atoms with Crippen LogP contribution in [0.25, 0.3) is 11.1 Å². The molecule has 1 aliphatic rings. The van der Waals surface area contributed by atoms with Gasteiger partial charge < -0.3 is 5.32 Å². The van der Waals surface area contributed by atoms with Crippen LogP contribution in [0.15, 0.2) is 109 Å². The summed E-state index contributed by atoms with van der Waals surface area (Å²) >= 11 is 0. The summed E-state index contributed by atoms with van der Waals surface area (Å²) in [6, 6.07) is 39.0. The summed E-state index contributed by atoms with van der Waals surface area (Å²) < 4.78 is 0. The second kappa shape index (κ2) is 7.44. The molecule has 140 valence electrons. The monoisotopic (exact) mass is 373 g/mol. The number of fused-ring (bicyclic) bond motifs is 1. The van der Waals surface area contributed by atoms with Crippen molar-refractivity contribution in [1.29, 1.82) is 0 Å². The quantitative estimate of drug-likeness (QED) is 0.401. The second-order valence-electron chi connectivity index (χ2n) is 7.55. The zero-order chi connectivity index (χ0) is 19.6. The van der Waals surface area contributed by atoms with Gasteiger partial charge in [0.05, 0.1) is 6.04 Å². The van der Waals surface area contributed by atoms with E-state index in [4.69, 9.17) is 0 Å². The van der Waals surface area contributed by atoms with E-state index < -0.39 is 0 Å². The fourth-order valence-corrected chi connectivity index (χ4v) is 4.23. The molecule has 0 saturated heterocycles. The molecule has 0 aromatic heterocycles. The van der Waals surface area contributed by atoms with E-state index in [-0.39, 0.29) is 6.04 Å². The Kier molecular flexibility index (Phi) is 4.50. The third-order valence-corrected chi connectivity index (χ3v) is 5.61. The largest absolute Gasteiger partial charge is 0.374 e. The van der Waals surface area contributed by atoms with Crippen LogP contribution in [0.2, 0.25) is 0 Å². The molecule has 1 aliphatic carbocycles. The highest BCUT2D eigenvalue weighted by atomic mass is 14.9. The van der Waals surface area contributed by atoms with Crippen molar-refractivity contribution in [2.45, 2.75) is 13.0 Å². The van der Waals surface area contributed by atoms with Gasteiger partial charge >= 0.3 is 0 Å². The van der Waals surface area contributed by atoms with E-state index in [0.29, 0.717) is 0 Å². The van der Waals surface area contributed by atoms with Crippen LogP contribution in [-0.2, 0) is 0 Å². The van der Waals surface area contributed by atoms with Crippen molar-refractivity contribution in [2.24, 2.45) is 0 Å². The Labute approximate surface area is 172 Å². The third-order valence-electron chi connectivity index (χ3n) is 5.61. The molecular formula is C28H23N. The first kappa shape index (κ1) is 17.5. The van der Waals surface area contributed by atoms with Crippen LogP contribution in [0.3, 0.4) is 0 Å². The molecule has 0 fully saturated rings. The predicted molar refractivity (Wildman–Crippen MR) is 123 cm³/mol. The van der Waals surface area contributed by atoms with Gasteiger partial charge in [0.15, 0.2) is 0 Å². The topological polar surface area (TPSA) is 12.0 Å². The van der Waals surface area contributed by atoms with Crippen LogP contribution in [-0.4, -0.2) is 0 Å². The molecule has 0 amide bonds. The van der Waals surface area contributed by atoms with Crippen LogP contribution in [0.4, 0.5) is 5.69 Å². The lowest BCUT2D eigenvalue weighted by molar-refractivity contribution is 1.02. The Morgan fingerprint density at radius 2 is 1.17 bits per heavy atom. The first-order valence-electron chi connectivity index (χ1n) is 10.1. The van der Waals surface area contributed by atoms with Gasteiger partial charge in [0, 0.05) is 5.69 Å². The molecule has 4 aromatic rings. The predicted octanol–water partition coefficient (Wildman–Crippen LogP) is 7.12. The summed E-state index contributed by atoms with van der Waals surface area (Å²) in [5.41, 5.74) is 10.2. The van der Waals surface area contributed by atoms with Crippen LogP contribution in [0.1, 0.15) is 33.9 Å². The summed E-state index contributed by atoms with van der Waals surface area (Å²) in [4.78, 5) is 0. The molecule has 4 aromatic carbocycles. The average molecular weight is 373 g/mol. The molecule has 29 heavy (non-hydrogen) atoms. The first-order chi connectivity index (χ1) is 14.3. The van der Waals surface area contributed by atoms with E-state index in [0.717, 1.165) is 5.69 Å². The lowest BCUT2D eigenvalue weighted by Gasteiger charge is -2.21. The van der Waals surface area contributed by atoms with Gasteiger partial charge in [0.2, 0.25) is 0 Å². The van der Waals surface area contributed by atoms with E-state index in [1.54, 1.807) is 0 Å². The molecule has 1 unspecified atom stereocenters. The van der Waals surface area contributed by atoms with E-state index in [9.17, 15) is 0 Å². The molecule has 1 nitrogen and oxygen atoms in total. The van der Waals surface area contributed by atoms with Crippen LogP contribution in [0, 0.1) is 6.92 Å². The lowest BCUT2D eigenvalue weighted by atomic mass is 9.93. The molecule has 1 heteroatoms. The Balaban J connectivity index is 1.73. The number of benzene rings is 4. The van der Waals surface area contributed by atoms with E-state index >= 15 is 0 Å². The highest BCUT2D eigenvalue weighted by Crippen LogP contribution is 2.49. The summed E-state index contributed by atoms with van der Waals surface area (Å²) in [7, 11) is 0. The lowest BCUT2D eigenvalue weighted by Crippen LogP contribution is -2.10. The summed E-state index contributed by atoms with van der Waals surface area (Å²) in [6.45, 7) is 2.12. The Morgan fingerprint density at radius 1 is 0.586 bits per heavy atom. The highest BCUT2D eigenvalue weighted by molar-refractivity contribution is 6.06. The fraction of sp³-hybridized carbons (Fsp3) is 0.0714. The number of rotatable bonds is 4. The molecular weight excluding hydrogens is 350 g/mol. The summed E-state index contributed by atoms with van der Waals surface area (Å²) in [5.74, 6) is 0. The molecule has 0 heterocycles. The van der Waals surface area contributed by atoms with Gasteiger partial charge in [0.25, 0.3) is 0 Å². The molecule has 0 bridgehead atoms. The van der Waals surface area contributed by atoms with Crippen molar-refractivity contribution in [3.05, 3.63) is 137 Å². The maximum Gasteiger partial charge on any atom is 0.0785 e. The number of hydrogen-bond acceptors (Lipinski definition) is 1. The van der Waals surface area contributed by atoms with Gasteiger partial charge in [-0.1, -0.05) is 103 Å². The van der Waals surface area contributed by atoms with Gasteiger partial charge in [-0.2, -0.15) is 0 Å². The number of anilines is 1. The Morgan fingerprint density at radius 3 is 1.86 bits per heavy atom. The van der Waals surface area contributed by atoms with Gasteiger partial charge in [-0.15, -0.1) is 0 Å². The van der Waals surface area contributed by atoms with Crippen molar-refractivity contribution in [3.8, 4) is 0 Å². The van der Waals surface area contributed by atoms with Gasteiger partial charge in [-0.05, 0) is 52.5 Å². The van der Waals surface area contributed by atoms with Crippen LogP contribution in [0.5, 0.6) is 0 Å². The summed E-state index contributed by atoms with van der Waals surface area (Å²) in [5, 5.41) is 3.81. The van der Waals surface area contributed by atoms with Crippen LogP contribution < -0.4 is 5.32 Å². The number of aryl methyl sites for hydroxylation is 1. The SMILES string of the molecule is Cc1ccc(NC2C(c3ccccc3)=C(c3ccccc3)c3ccccc32)cc1. The zero-order valence-electron chi connectivity index (χ0n) is 16.5. The Bertz CT molecular complexity index is 1160. The van der Waals surface area contributed by atoms with Crippen LogP contribution >= 0.6 is 0 Å². The van der Waals surface area contributed by atoms with Crippen molar-refractivity contribution < 1.29 is 0 Å². The minimum Gasteiger partial charge on any atom is -0.374 e. The van der Waals surface area contributed by atoms with Crippen molar-refractivity contribution >= 4 is 16.8 Å². The molecule has 1 atom stereocenters. The fourth-order valence-electron chi connectivity index (χ4n) is 4.23. The molecule has 5 rings (SSSR count). The molecule has 0 radical (unpaired) electrons. The van der Waals surface area contributed by atoms with Gasteiger partial charge in [-0.3, -0.25) is 0 Å². The molecule has 0 saturated carbocycles. The van der Waals surface area contributed by atoms with E-state index in [1.165, 1.54) is 39.0 Å².